The van der Waals surface area contributed by atoms with Gasteiger partial charge in [-0.3, -0.25) is 0 Å². The van der Waals surface area contributed by atoms with Crippen LogP contribution in [0, 0.1) is 12.7 Å². The van der Waals surface area contributed by atoms with Crippen molar-refractivity contribution < 1.29 is 18.4 Å². The third-order valence-corrected chi connectivity index (χ3v) is 3.50. The Labute approximate surface area is 143 Å². The van der Waals surface area contributed by atoms with Crippen LogP contribution in [0.2, 0.25) is 0 Å². The second-order valence-corrected chi connectivity index (χ2v) is 5.32. The lowest BCUT2D eigenvalue weighted by Crippen LogP contribution is -2.01. The molecule has 25 heavy (non-hydrogen) atoms. The molecule has 1 aromatic heterocycles. The first-order valence-electron chi connectivity index (χ1n) is 7.61. The number of carbonyl (C=O) groups is 1. The topological polar surface area (TPSA) is 65.2 Å². The SMILES string of the molecule is Cc1ccccc1/C=C/C(=O)OCc1nc(-c2ccc(F)cc2)no1. The molecule has 3 rings (SSSR count). The van der Waals surface area contributed by atoms with Gasteiger partial charge in [-0.25, -0.2) is 9.18 Å². The van der Waals surface area contributed by atoms with E-state index in [4.69, 9.17) is 9.26 Å². The molecular weight excluding hydrogens is 323 g/mol. The van der Waals surface area contributed by atoms with Gasteiger partial charge in [0.05, 0.1) is 0 Å². The fourth-order valence-corrected chi connectivity index (χ4v) is 2.14. The minimum absolute atomic E-state index is 0.134. The van der Waals surface area contributed by atoms with Gasteiger partial charge < -0.3 is 9.26 Å². The van der Waals surface area contributed by atoms with Crippen LogP contribution in [0.1, 0.15) is 17.0 Å². The predicted octanol–water partition coefficient (Wildman–Crippen LogP) is 3.94. The third kappa shape index (κ3) is 4.38. The molecule has 126 valence electrons. The molecule has 0 aliphatic carbocycles. The smallest absolute Gasteiger partial charge is 0.331 e. The van der Waals surface area contributed by atoms with E-state index in [1.165, 1.54) is 18.2 Å². The number of aryl methyl sites for hydroxylation is 1. The summed E-state index contributed by atoms with van der Waals surface area (Å²) in [5, 5.41) is 3.78. The van der Waals surface area contributed by atoms with E-state index in [1.807, 2.05) is 31.2 Å². The van der Waals surface area contributed by atoms with E-state index in [9.17, 15) is 9.18 Å². The molecule has 2 aromatic carbocycles. The largest absolute Gasteiger partial charge is 0.452 e. The molecule has 0 aliphatic rings. The maximum Gasteiger partial charge on any atom is 0.331 e. The highest BCUT2D eigenvalue weighted by atomic mass is 19.1. The van der Waals surface area contributed by atoms with Crippen molar-refractivity contribution in [2.75, 3.05) is 0 Å². The van der Waals surface area contributed by atoms with Gasteiger partial charge in [-0.15, -0.1) is 0 Å². The molecule has 3 aromatic rings. The lowest BCUT2D eigenvalue weighted by molar-refractivity contribution is -0.139. The molecule has 0 saturated carbocycles. The summed E-state index contributed by atoms with van der Waals surface area (Å²) < 4.78 is 23.0. The van der Waals surface area contributed by atoms with Crippen LogP contribution in [-0.2, 0) is 16.1 Å². The molecule has 0 aliphatic heterocycles. The Morgan fingerprint density at radius 1 is 1.20 bits per heavy atom. The highest BCUT2D eigenvalue weighted by molar-refractivity contribution is 5.87. The molecule has 0 unspecified atom stereocenters. The van der Waals surface area contributed by atoms with Crippen LogP contribution < -0.4 is 0 Å². The fraction of sp³-hybridized carbons (Fsp3) is 0.105. The minimum atomic E-state index is -0.509. The highest BCUT2D eigenvalue weighted by Gasteiger charge is 2.10. The number of carbonyl (C=O) groups excluding carboxylic acids is 1. The maximum absolute atomic E-state index is 12.9. The fourth-order valence-electron chi connectivity index (χ4n) is 2.14. The molecule has 0 fully saturated rings. The number of hydrogen-bond donors (Lipinski definition) is 0. The van der Waals surface area contributed by atoms with Crippen LogP contribution in [0.3, 0.4) is 0 Å². The highest BCUT2D eigenvalue weighted by Crippen LogP contribution is 2.16. The van der Waals surface area contributed by atoms with Gasteiger partial charge >= 0.3 is 5.97 Å². The number of ether oxygens (including phenoxy) is 1. The predicted molar refractivity (Wildman–Crippen MR) is 89.7 cm³/mol. The molecule has 0 spiro atoms. The lowest BCUT2D eigenvalue weighted by Gasteiger charge is -1.99. The zero-order chi connectivity index (χ0) is 17.6. The number of benzene rings is 2. The zero-order valence-electron chi connectivity index (χ0n) is 13.5. The average molecular weight is 338 g/mol. The van der Waals surface area contributed by atoms with Gasteiger partial charge in [0.15, 0.2) is 6.61 Å². The van der Waals surface area contributed by atoms with E-state index in [0.29, 0.717) is 11.4 Å². The maximum atomic E-state index is 12.9. The van der Waals surface area contributed by atoms with Crippen molar-refractivity contribution in [3.8, 4) is 11.4 Å². The summed E-state index contributed by atoms with van der Waals surface area (Å²) in [6, 6.07) is 13.4. The Bertz CT molecular complexity index is 901. The lowest BCUT2D eigenvalue weighted by atomic mass is 10.1. The minimum Gasteiger partial charge on any atom is -0.452 e. The van der Waals surface area contributed by atoms with Crippen LogP contribution in [0.4, 0.5) is 4.39 Å². The zero-order valence-corrected chi connectivity index (χ0v) is 13.5. The van der Waals surface area contributed by atoms with Crippen molar-refractivity contribution in [1.82, 2.24) is 10.1 Å². The first kappa shape index (κ1) is 16.6. The molecule has 5 nitrogen and oxygen atoms in total. The van der Waals surface area contributed by atoms with Gasteiger partial charge in [0.2, 0.25) is 5.82 Å². The number of rotatable bonds is 5. The summed E-state index contributed by atoms with van der Waals surface area (Å²) in [5.74, 6) is -0.384. The summed E-state index contributed by atoms with van der Waals surface area (Å²) in [5.41, 5.74) is 2.62. The van der Waals surface area contributed by atoms with Crippen LogP contribution in [0.5, 0.6) is 0 Å². The second kappa shape index (κ2) is 7.53. The van der Waals surface area contributed by atoms with E-state index < -0.39 is 5.97 Å². The van der Waals surface area contributed by atoms with Crippen molar-refractivity contribution in [3.63, 3.8) is 0 Å². The first-order chi connectivity index (χ1) is 12.1. The molecule has 0 radical (unpaired) electrons. The number of nitrogens with zero attached hydrogens (tertiary/aromatic N) is 2. The molecule has 0 atom stereocenters. The Balaban J connectivity index is 1.58. The van der Waals surface area contributed by atoms with E-state index in [2.05, 4.69) is 10.1 Å². The molecule has 0 saturated heterocycles. The standard InChI is InChI=1S/C19H15FN2O3/c1-13-4-2-3-5-14(13)8-11-18(23)24-12-17-21-19(22-25-17)15-6-9-16(20)10-7-15/h2-11H,12H2,1H3/b11-8+. The van der Waals surface area contributed by atoms with Crippen LogP contribution in [-0.4, -0.2) is 16.1 Å². The van der Waals surface area contributed by atoms with E-state index in [-0.39, 0.29) is 18.3 Å². The van der Waals surface area contributed by atoms with E-state index >= 15 is 0 Å². The molecule has 0 N–H and O–H groups in total. The van der Waals surface area contributed by atoms with Crippen LogP contribution >= 0.6 is 0 Å². The van der Waals surface area contributed by atoms with Crippen molar-refractivity contribution >= 4 is 12.0 Å². The van der Waals surface area contributed by atoms with E-state index in [1.54, 1.807) is 18.2 Å². The Kier molecular flexibility index (Phi) is 4.99. The monoisotopic (exact) mass is 338 g/mol. The molecule has 6 heteroatoms. The Morgan fingerprint density at radius 2 is 1.96 bits per heavy atom. The van der Waals surface area contributed by atoms with Gasteiger partial charge in [-0.1, -0.05) is 29.4 Å². The average Bonchev–Trinajstić information content (AvgIpc) is 3.09. The summed E-state index contributed by atoms with van der Waals surface area (Å²) in [4.78, 5) is 15.9. The normalized spacial score (nSPS) is 11.0. The van der Waals surface area contributed by atoms with Crippen molar-refractivity contribution in [2.24, 2.45) is 0 Å². The number of esters is 1. The molecular formula is C19H15FN2O3. The van der Waals surface area contributed by atoms with Crippen molar-refractivity contribution in [1.29, 1.82) is 0 Å². The summed E-state index contributed by atoms with van der Waals surface area (Å²) in [6.07, 6.45) is 3.04. The number of aromatic nitrogens is 2. The number of hydrogen-bond acceptors (Lipinski definition) is 5. The summed E-state index contributed by atoms with van der Waals surface area (Å²) >= 11 is 0. The Hall–Kier alpha value is -3.28. The van der Waals surface area contributed by atoms with Gasteiger partial charge in [0.25, 0.3) is 5.89 Å². The summed E-state index contributed by atoms with van der Waals surface area (Å²) in [7, 11) is 0. The number of halogens is 1. The van der Waals surface area contributed by atoms with Crippen molar-refractivity contribution in [2.45, 2.75) is 13.5 Å². The van der Waals surface area contributed by atoms with Crippen molar-refractivity contribution in [3.05, 3.63) is 77.4 Å². The van der Waals surface area contributed by atoms with Crippen LogP contribution in [0.15, 0.2) is 59.1 Å². The third-order valence-electron chi connectivity index (χ3n) is 3.50. The first-order valence-corrected chi connectivity index (χ1v) is 7.61. The molecule has 1 heterocycles. The van der Waals surface area contributed by atoms with E-state index in [0.717, 1.165) is 11.1 Å². The summed E-state index contributed by atoms with van der Waals surface area (Å²) in [6.45, 7) is 1.82. The van der Waals surface area contributed by atoms with Gasteiger partial charge in [0, 0.05) is 11.6 Å². The van der Waals surface area contributed by atoms with Crippen LogP contribution in [0.25, 0.3) is 17.5 Å². The van der Waals surface area contributed by atoms with Gasteiger partial charge in [-0.2, -0.15) is 4.98 Å². The second-order valence-electron chi connectivity index (χ2n) is 5.32. The Morgan fingerprint density at radius 3 is 2.72 bits per heavy atom. The molecule has 0 bridgehead atoms. The van der Waals surface area contributed by atoms with Gasteiger partial charge in [0.1, 0.15) is 5.82 Å². The quantitative estimate of drug-likeness (QED) is 0.521. The van der Waals surface area contributed by atoms with Gasteiger partial charge in [-0.05, 0) is 48.4 Å². The molecule has 0 amide bonds.